The van der Waals surface area contributed by atoms with Crippen LogP contribution in [-0.2, 0) is 6.54 Å². The number of anilines is 1. The first-order valence-electron chi connectivity index (χ1n) is 7.38. The molecule has 0 radical (unpaired) electrons. The lowest BCUT2D eigenvalue weighted by molar-refractivity contribution is 0.411. The lowest BCUT2D eigenvalue weighted by atomic mass is 10.1. The van der Waals surface area contributed by atoms with Crippen LogP contribution in [-0.4, -0.2) is 24.3 Å². The smallest absolute Gasteiger partial charge is 0.181 e. The Morgan fingerprint density at radius 3 is 2.71 bits per heavy atom. The fourth-order valence-corrected chi connectivity index (χ4v) is 2.38. The predicted octanol–water partition coefficient (Wildman–Crippen LogP) is 3.68. The first-order chi connectivity index (χ1) is 11.7. The van der Waals surface area contributed by atoms with Crippen LogP contribution in [0.25, 0.3) is 11.3 Å². The minimum Gasteiger partial charge on any atom is -0.508 e. The molecule has 0 aliphatic heterocycles. The Balaban J connectivity index is 1.79. The molecule has 0 aliphatic carbocycles. The molecule has 0 unspecified atom stereocenters. The topological polar surface area (TPSA) is 76.8 Å². The SMILES string of the molecule is COc1ccc(O)c(CNc2ccc(-c3cnco3)c(OC)c2)c1. The monoisotopic (exact) mass is 326 g/mol. The van der Waals surface area contributed by atoms with E-state index in [1.165, 1.54) is 6.39 Å². The van der Waals surface area contributed by atoms with Crippen molar-refractivity contribution in [1.82, 2.24) is 4.98 Å². The second-order valence-corrected chi connectivity index (χ2v) is 5.13. The minimum absolute atomic E-state index is 0.216. The van der Waals surface area contributed by atoms with Crippen LogP contribution in [0.5, 0.6) is 17.2 Å². The van der Waals surface area contributed by atoms with Gasteiger partial charge in [0.05, 0.1) is 26.0 Å². The Morgan fingerprint density at radius 2 is 2.00 bits per heavy atom. The molecule has 3 aromatic rings. The summed E-state index contributed by atoms with van der Waals surface area (Å²) >= 11 is 0. The predicted molar refractivity (Wildman–Crippen MR) is 90.5 cm³/mol. The number of rotatable bonds is 6. The van der Waals surface area contributed by atoms with Crippen LogP contribution in [0.3, 0.4) is 0 Å². The number of phenolic OH excluding ortho intramolecular Hbond substituents is 1. The van der Waals surface area contributed by atoms with Crippen molar-refractivity contribution in [3.63, 3.8) is 0 Å². The van der Waals surface area contributed by atoms with Gasteiger partial charge >= 0.3 is 0 Å². The molecule has 0 saturated heterocycles. The zero-order valence-corrected chi connectivity index (χ0v) is 13.4. The van der Waals surface area contributed by atoms with Crippen LogP contribution in [0.2, 0.25) is 0 Å². The highest BCUT2D eigenvalue weighted by atomic mass is 16.5. The Labute approximate surface area is 139 Å². The number of methoxy groups -OCH3 is 2. The van der Waals surface area contributed by atoms with E-state index in [1.54, 1.807) is 38.6 Å². The summed E-state index contributed by atoms with van der Waals surface area (Å²) in [7, 11) is 3.20. The van der Waals surface area contributed by atoms with Gasteiger partial charge in [0.15, 0.2) is 12.2 Å². The molecule has 0 fully saturated rings. The zero-order valence-electron chi connectivity index (χ0n) is 13.4. The molecule has 6 heteroatoms. The zero-order chi connectivity index (χ0) is 16.9. The molecule has 6 nitrogen and oxygen atoms in total. The van der Waals surface area contributed by atoms with Crippen LogP contribution in [0.4, 0.5) is 5.69 Å². The molecule has 0 atom stereocenters. The Bertz CT molecular complexity index is 816. The molecular formula is C18H18N2O4. The van der Waals surface area contributed by atoms with Crippen LogP contribution in [0.15, 0.2) is 53.4 Å². The van der Waals surface area contributed by atoms with E-state index in [2.05, 4.69) is 10.3 Å². The molecule has 124 valence electrons. The third kappa shape index (κ3) is 3.27. The lowest BCUT2D eigenvalue weighted by Crippen LogP contribution is -2.01. The highest BCUT2D eigenvalue weighted by molar-refractivity contribution is 5.69. The van der Waals surface area contributed by atoms with E-state index in [0.717, 1.165) is 16.8 Å². The van der Waals surface area contributed by atoms with Gasteiger partial charge in [0.2, 0.25) is 0 Å². The summed E-state index contributed by atoms with van der Waals surface area (Å²) < 4.78 is 15.9. The molecule has 0 spiro atoms. The van der Waals surface area contributed by atoms with Crippen LogP contribution >= 0.6 is 0 Å². The Kier molecular flexibility index (Phi) is 4.56. The third-order valence-electron chi connectivity index (χ3n) is 3.67. The van der Waals surface area contributed by atoms with Crippen molar-refractivity contribution in [3.8, 4) is 28.6 Å². The number of nitrogens with zero attached hydrogens (tertiary/aromatic N) is 1. The van der Waals surface area contributed by atoms with Gasteiger partial charge in [-0.2, -0.15) is 0 Å². The summed E-state index contributed by atoms with van der Waals surface area (Å²) in [4.78, 5) is 3.92. The van der Waals surface area contributed by atoms with Gasteiger partial charge < -0.3 is 24.3 Å². The normalized spacial score (nSPS) is 10.4. The Morgan fingerprint density at radius 1 is 1.12 bits per heavy atom. The number of ether oxygens (including phenoxy) is 2. The van der Waals surface area contributed by atoms with Crippen LogP contribution in [0, 0.1) is 0 Å². The molecule has 3 rings (SSSR count). The standard InChI is InChI=1S/C18H18N2O4/c1-22-14-4-6-16(21)12(7-14)9-20-13-3-5-15(17(8-13)23-2)18-10-19-11-24-18/h3-8,10-11,20-21H,9H2,1-2H3. The summed E-state index contributed by atoms with van der Waals surface area (Å²) in [5, 5.41) is 13.2. The molecule has 24 heavy (non-hydrogen) atoms. The molecule has 2 aromatic carbocycles. The average Bonchev–Trinajstić information content (AvgIpc) is 3.15. The molecule has 0 saturated carbocycles. The van der Waals surface area contributed by atoms with E-state index in [9.17, 15) is 5.11 Å². The number of oxazole rings is 1. The van der Waals surface area contributed by atoms with E-state index in [1.807, 2.05) is 18.2 Å². The maximum Gasteiger partial charge on any atom is 0.181 e. The van der Waals surface area contributed by atoms with Crippen molar-refractivity contribution < 1.29 is 19.0 Å². The number of hydrogen-bond acceptors (Lipinski definition) is 6. The van der Waals surface area contributed by atoms with Gasteiger partial charge in [-0.15, -0.1) is 0 Å². The molecule has 0 bridgehead atoms. The second kappa shape index (κ2) is 6.95. The van der Waals surface area contributed by atoms with Gasteiger partial charge in [0.25, 0.3) is 0 Å². The third-order valence-corrected chi connectivity index (χ3v) is 3.67. The van der Waals surface area contributed by atoms with Crippen molar-refractivity contribution >= 4 is 5.69 Å². The molecular weight excluding hydrogens is 308 g/mol. The number of aromatic hydroxyl groups is 1. The van der Waals surface area contributed by atoms with Gasteiger partial charge in [0, 0.05) is 23.9 Å². The van der Waals surface area contributed by atoms with E-state index in [0.29, 0.717) is 23.8 Å². The maximum atomic E-state index is 9.94. The van der Waals surface area contributed by atoms with Gasteiger partial charge in [0.1, 0.15) is 17.2 Å². The number of phenols is 1. The number of hydrogen-bond donors (Lipinski definition) is 2. The first-order valence-corrected chi connectivity index (χ1v) is 7.38. The van der Waals surface area contributed by atoms with Crippen LogP contribution in [0.1, 0.15) is 5.56 Å². The molecule has 0 aliphatic rings. The summed E-state index contributed by atoms with van der Waals surface area (Å²) in [5.41, 5.74) is 2.43. The van der Waals surface area contributed by atoms with E-state index in [-0.39, 0.29) is 5.75 Å². The van der Waals surface area contributed by atoms with Gasteiger partial charge in [-0.25, -0.2) is 4.98 Å². The quantitative estimate of drug-likeness (QED) is 0.719. The van der Waals surface area contributed by atoms with Crippen LogP contribution < -0.4 is 14.8 Å². The molecule has 1 heterocycles. The van der Waals surface area contributed by atoms with E-state index < -0.39 is 0 Å². The number of aromatic nitrogens is 1. The summed E-state index contributed by atoms with van der Waals surface area (Å²) in [6.45, 7) is 0.452. The minimum atomic E-state index is 0.216. The summed E-state index contributed by atoms with van der Waals surface area (Å²) in [5.74, 6) is 2.23. The van der Waals surface area contributed by atoms with E-state index in [4.69, 9.17) is 13.9 Å². The van der Waals surface area contributed by atoms with Gasteiger partial charge in [-0.1, -0.05) is 0 Å². The van der Waals surface area contributed by atoms with Gasteiger partial charge in [-0.05, 0) is 30.3 Å². The van der Waals surface area contributed by atoms with Crippen molar-refractivity contribution in [2.45, 2.75) is 6.54 Å². The molecule has 0 amide bonds. The largest absolute Gasteiger partial charge is 0.508 e. The van der Waals surface area contributed by atoms with Crippen molar-refractivity contribution in [1.29, 1.82) is 0 Å². The van der Waals surface area contributed by atoms with E-state index >= 15 is 0 Å². The lowest BCUT2D eigenvalue weighted by Gasteiger charge is -2.12. The second-order valence-electron chi connectivity index (χ2n) is 5.13. The first kappa shape index (κ1) is 15.7. The van der Waals surface area contributed by atoms with Gasteiger partial charge in [-0.3, -0.25) is 0 Å². The Hall–Kier alpha value is -3.15. The fraction of sp³-hybridized carbons (Fsp3) is 0.167. The molecule has 2 N–H and O–H groups in total. The van der Waals surface area contributed by atoms with Crippen molar-refractivity contribution in [2.75, 3.05) is 19.5 Å². The highest BCUT2D eigenvalue weighted by Crippen LogP contribution is 2.32. The highest BCUT2D eigenvalue weighted by Gasteiger charge is 2.10. The van der Waals surface area contributed by atoms with Crippen molar-refractivity contribution in [3.05, 3.63) is 54.6 Å². The average molecular weight is 326 g/mol. The maximum absolute atomic E-state index is 9.94. The summed E-state index contributed by atoms with van der Waals surface area (Å²) in [6.07, 6.45) is 3.02. The fourth-order valence-electron chi connectivity index (χ4n) is 2.38. The number of nitrogens with one attached hydrogen (secondary N) is 1. The molecule has 1 aromatic heterocycles. The van der Waals surface area contributed by atoms with Crippen molar-refractivity contribution in [2.24, 2.45) is 0 Å². The summed E-state index contributed by atoms with van der Waals surface area (Å²) in [6, 6.07) is 10.8. The number of benzene rings is 2.